The van der Waals surface area contributed by atoms with Gasteiger partial charge >= 0.3 is 0 Å². The number of nitrogens with zero attached hydrogens (tertiary/aromatic N) is 1. The van der Waals surface area contributed by atoms with E-state index in [1.54, 1.807) is 11.3 Å². The second-order valence-electron chi connectivity index (χ2n) is 9.81. The molecule has 1 heterocycles. The Morgan fingerprint density at radius 2 is 1.64 bits per heavy atom. The summed E-state index contributed by atoms with van der Waals surface area (Å²) in [5, 5.41) is 6.34. The molecule has 1 amide bonds. The standard InChI is InChI=1S/C34H30N2O2S/c37-33(35-21-24-9-2-1-3-10-24)32-30-15-6-7-16-31(30)39-34(32)36-22-25-17-19-28(20-18-25)38-23-27-13-8-12-26-11-4-5-14-29(26)27/h1-5,8-14,17-20,22H,6-7,15-16,21,23H2,(H,35,37)/b36-22+. The number of aliphatic imine (C=N–C) groups is 1. The lowest BCUT2D eigenvalue weighted by atomic mass is 9.95. The molecule has 5 heteroatoms. The molecule has 0 atom stereocenters. The zero-order valence-electron chi connectivity index (χ0n) is 21.7. The van der Waals surface area contributed by atoms with E-state index in [-0.39, 0.29) is 5.91 Å². The predicted octanol–water partition coefficient (Wildman–Crippen LogP) is 8.04. The van der Waals surface area contributed by atoms with Crippen LogP contribution in [0.25, 0.3) is 10.8 Å². The van der Waals surface area contributed by atoms with Crippen LogP contribution in [0.15, 0.2) is 102 Å². The molecule has 0 spiro atoms. The van der Waals surface area contributed by atoms with Crippen LogP contribution in [0.3, 0.4) is 0 Å². The van der Waals surface area contributed by atoms with Crippen LogP contribution in [0.1, 0.15) is 50.3 Å². The summed E-state index contributed by atoms with van der Waals surface area (Å²) >= 11 is 1.66. The fourth-order valence-corrected chi connectivity index (χ4v) is 6.34. The molecule has 0 saturated heterocycles. The molecular weight excluding hydrogens is 500 g/mol. The minimum atomic E-state index is -0.0393. The van der Waals surface area contributed by atoms with Gasteiger partial charge in [-0.05, 0) is 83.0 Å². The average molecular weight is 531 g/mol. The van der Waals surface area contributed by atoms with Crippen molar-refractivity contribution in [2.45, 2.75) is 38.8 Å². The number of nitrogens with one attached hydrogen (secondary N) is 1. The molecule has 194 valence electrons. The number of fused-ring (bicyclic) bond motifs is 2. The molecule has 0 radical (unpaired) electrons. The second kappa shape index (κ2) is 11.7. The van der Waals surface area contributed by atoms with Crippen LogP contribution in [0.2, 0.25) is 0 Å². The van der Waals surface area contributed by atoms with Gasteiger partial charge in [0.25, 0.3) is 5.91 Å². The largest absolute Gasteiger partial charge is 0.489 e. The van der Waals surface area contributed by atoms with Gasteiger partial charge in [-0.15, -0.1) is 11.3 Å². The highest BCUT2D eigenvalue weighted by Gasteiger charge is 2.25. The molecule has 0 bridgehead atoms. The maximum absolute atomic E-state index is 13.3. The summed E-state index contributed by atoms with van der Waals surface area (Å²) in [4.78, 5) is 19.4. The average Bonchev–Trinajstić information content (AvgIpc) is 3.37. The minimum Gasteiger partial charge on any atom is -0.489 e. The van der Waals surface area contributed by atoms with Crippen LogP contribution in [-0.4, -0.2) is 12.1 Å². The zero-order chi connectivity index (χ0) is 26.4. The van der Waals surface area contributed by atoms with Gasteiger partial charge in [0.1, 0.15) is 17.4 Å². The minimum absolute atomic E-state index is 0.0393. The van der Waals surface area contributed by atoms with Crippen molar-refractivity contribution < 1.29 is 9.53 Å². The number of rotatable bonds is 8. The predicted molar refractivity (Wildman–Crippen MR) is 161 cm³/mol. The Morgan fingerprint density at radius 1 is 0.872 bits per heavy atom. The summed E-state index contributed by atoms with van der Waals surface area (Å²) < 4.78 is 6.09. The highest BCUT2D eigenvalue weighted by atomic mass is 32.1. The number of carbonyl (C=O) groups is 1. The van der Waals surface area contributed by atoms with Gasteiger partial charge in [0.15, 0.2) is 0 Å². The molecule has 6 rings (SSSR count). The van der Waals surface area contributed by atoms with E-state index in [1.807, 2.05) is 60.8 Å². The first-order chi connectivity index (χ1) is 19.2. The number of hydrogen-bond acceptors (Lipinski definition) is 4. The lowest BCUT2D eigenvalue weighted by molar-refractivity contribution is 0.0951. The molecule has 1 aliphatic rings. The molecule has 5 aromatic rings. The van der Waals surface area contributed by atoms with Crippen LogP contribution >= 0.6 is 11.3 Å². The molecule has 1 aromatic heterocycles. The van der Waals surface area contributed by atoms with Gasteiger partial charge in [-0.25, -0.2) is 4.99 Å². The van der Waals surface area contributed by atoms with Gasteiger partial charge in [0, 0.05) is 17.6 Å². The number of benzene rings is 4. The van der Waals surface area contributed by atoms with E-state index < -0.39 is 0 Å². The summed E-state index contributed by atoms with van der Waals surface area (Å²) in [6, 6.07) is 32.6. The molecule has 39 heavy (non-hydrogen) atoms. The van der Waals surface area contributed by atoms with Gasteiger partial charge in [0.05, 0.1) is 5.56 Å². The summed E-state index contributed by atoms with van der Waals surface area (Å²) in [6.45, 7) is 1.02. The van der Waals surface area contributed by atoms with Crippen LogP contribution in [-0.2, 0) is 26.0 Å². The number of ether oxygens (including phenoxy) is 1. The summed E-state index contributed by atoms with van der Waals surface area (Å²) in [7, 11) is 0. The normalized spacial score (nSPS) is 12.9. The SMILES string of the molecule is O=C(NCc1ccccc1)c1c(/N=C/c2ccc(OCc3cccc4ccccc34)cc2)sc2c1CCCC2. The van der Waals surface area contributed by atoms with Crippen molar-refractivity contribution >= 4 is 39.2 Å². The lowest BCUT2D eigenvalue weighted by Gasteiger charge is -2.12. The molecule has 4 nitrogen and oxygen atoms in total. The molecule has 0 saturated carbocycles. The van der Waals surface area contributed by atoms with E-state index in [0.29, 0.717) is 13.2 Å². The maximum Gasteiger partial charge on any atom is 0.254 e. The Hall–Kier alpha value is -4.22. The Morgan fingerprint density at radius 3 is 2.51 bits per heavy atom. The van der Waals surface area contributed by atoms with E-state index in [0.717, 1.165) is 46.7 Å². The van der Waals surface area contributed by atoms with Crippen LogP contribution in [0, 0.1) is 0 Å². The van der Waals surface area contributed by atoms with Crippen molar-refractivity contribution in [2.75, 3.05) is 0 Å². The molecule has 0 unspecified atom stereocenters. The number of thiophene rings is 1. The van der Waals surface area contributed by atoms with Crippen LogP contribution < -0.4 is 10.1 Å². The molecular formula is C34H30N2O2S. The number of amides is 1. The maximum atomic E-state index is 13.3. The summed E-state index contributed by atoms with van der Waals surface area (Å²) in [6.07, 6.45) is 6.10. The van der Waals surface area contributed by atoms with Gasteiger partial charge in [-0.3, -0.25) is 4.79 Å². The Labute approximate surface area is 233 Å². The second-order valence-corrected chi connectivity index (χ2v) is 10.9. The first-order valence-corrected chi connectivity index (χ1v) is 14.3. The van der Waals surface area contributed by atoms with E-state index in [1.165, 1.54) is 33.2 Å². The van der Waals surface area contributed by atoms with Crippen molar-refractivity contribution in [1.29, 1.82) is 0 Å². The monoisotopic (exact) mass is 530 g/mol. The summed E-state index contributed by atoms with van der Waals surface area (Å²) in [5.41, 5.74) is 5.15. The summed E-state index contributed by atoms with van der Waals surface area (Å²) in [5.74, 6) is 0.773. The molecule has 1 aliphatic carbocycles. The Balaban J connectivity index is 1.16. The Bertz CT molecular complexity index is 1620. The van der Waals surface area contributed by atoms with Gasteiger partial charge in [-0.1, -0.05) is 72.8 Å². The van der Waals surface area contributed by atoms with Crippen molar-refractivity contribution in [3.05, 3.63) is 130 Å². The number of aryl methyl sites for hydroxylation is 1. The van der Waals surface area contributed by atoms with Crippen molar-refractivity contribution in [2.24, 2.45) is 4.99 Å². The van der Waals surface area contributed by atoms with Gasteiger partial charge in [-0.2, -0.15) is 0 Å². The number of hydrogen-bond donors (Lipinski definition) is 1. The highest BCUT2D eigenvalue weighted by Crippen LogP contribution is 2.40. The smallest absolute Gasteiger partial charge is 0.254 e. The molecule has 0 fully saturated rings. The lowest BCUT2D eigenvalue weighted by Crippen LogP contribution is -2.24. The highest BCUT2D eigenvalue weighted by molar-refractivity contribution is 7.16. The molecule has 0 aliphatic heterocycles. The van der Waals surface area contributed by atoms with E-state index in [9.17, 15) is 4.79 Å². The number of carbonyl (C=O) groups excluding carboxylic acids is 1. The van der Waals surface area contributed by atoms with Crippen molar-refractivity contribution in [3.8, 4) is 5.75 Å². The van der Waals surface area contributed by atoms with E-state index in [4.69, 9.17) is 9.73 Å². The van der Waals surface area contributed by atoms with Crippen LogP contribution in [0.5, 0.6) is 5.75 Å². The van der Waals surface area contributed by atoms with Crippen molar-refractivity contribution in [3.63, 3.8) is 0 Å². The molecule has 4 aromatic carbocycles. The third-order valence-electron chi connectivity index (χ3n) is 7.16. The van der Waals surface area contributed by atoms with Crippen LogP contribution in [0.4, 0.5) is 5.00 Å². The fraction of sp³-hybridized carbons (Fsp3) is 0.176. The van der Waals surface area contributed by atoms with Crippen molar-refractivity contribution in [1.82, 2.24) is 5.32 Å². The van der Waals surface area contributed by atoms with Gasteiger partial charge in [0.2, 0.25) is 0 Å². The first-order valence-electron chi connectivity index (χ1n) is 13.4. The Kier molecular flexibility index (Phi) is 7.50. The van der Waals surface area contributed by atoms with E-state index in [2.05, 4.69) is 47.8 Å². The zero-order valence-corrected chi connectivity index (χ0v) is 22.5. The third-order valence-corrected chi connectivity index (χ3v) is 8.36. The van der Waals surface area contributed by atoms with Gasteiger partial charge < -0.3 is 10.1 Å². The quantitative estimate of drug-likeness (QED) is 0.206. The topological polar surface area (TPSA) is 50.7 Å². The molecule has 1 N–H and O–H groups in total. The first kappa shape index (κ1) is 25.1. The third kappa shape index (κ3) is 5.79. The van der Waals surface area contributed by atoms with E-state index >= 15 is 0 Å². The fourth-order valence-electron chi connectivity index (χ4n) is 5.11.